The molecule has 4 nitrogen and oxygen atoms in total. The van der Waals surface area contributed by atoms with Crippen LogP contribution in [0.4, 0.5) is 0 Å². The number of carbonyl (C=O) groups is 1. The summed E-state index contributed by atoms with van der Waals surface area (Å²) in [6.45, 7) is 4.02. The lowest BCUT2D eigenvalue weighted by molar-refractivity contribution is -0.149. The third-order valence-electron chi connectivity index (χ3n) is 4.97. The minimum atomic E-state index is -0.990. The zero-order valence-electron chi connectivity index (χ0n) is 15.4. The van der Waals surface area contributed by atoms with Crippen molar-refractivity contribution in [3.8, 4) is 17.6 Å². The van der Waals surface area contributed by atoms with Gasteiger partial charge >= 0.3 is 5.97 Å². The van der Waals surface area contributed by atoms with Crippen molar-refractivity contribution in [1.29, 1.82) is 5.26 Å². The molecule has 0 aromatic heterocycles. The molecule has 1 aliphatic rings. The monoisotopic (exact) mass is 503 g/mol. The highest BCUT2D eigenvalue weighted by molar-refractivity contribution is 9.14. The predicted octanol–water partition coefficient (Wildman–Crippen LogP) is 6.49. The minimum absolute atomic E-state index is 0.0338. The van der Waals surface area contributed by atoms with E-state index in [1.807, 2.05) is 44.2 Å². The normalized spacial score (nSPS) is 21.3. The second-order valence-electron chi connectivity index (χ2n) is 7.20. The lowest BCUT2D eigenvalue weighted by Gasteiger charge is -2.13. The van der Waals surface area contributed by atoms with Crippen molar-refractivity contribution < 1.29 is 14.3 Å². The first-order chi connectivity index (χ1) is 13.4. The SMILES string of the molecule is CC1(C)[C@H](C(=O)O[C@H](C#N)c2cccc(Oc3ccccc3)c2)[C@@H]1C(Br)=CBr. The highest BCUT2D eigenvalue weighted by atomic mass is 79.9. The second-order valence-corrected chi connectivity index (χ2v) is 8.58. The van der Waals surface area contributed by atoms with Gasteiger partial charge in [0.2, 0.25) is 6.10 Å². The van der Waals surface area contributed by atoms with Crippen LogP contribution < -0.4 is 4.74 Å². The van der Waals surface area contributed by atoms with Gasteiger partial charge in [-0.3, -0.25) is 4.79 Å². The Morgan fingerprint density at radius 3 is 2.46 bits per heavy atom. The average Bonchev–Trinajstić information content (AvgIpc) is 3.28. The lowest BCUT2D eigenvalue weighted by Crippen LogP contribution is -2.14. The fraction of sp³-hybridized carbons (Fsp3) is 0.273. The van der Waals surface area contributed by atoms with Crippen LogP contribution in [0.3, 0.4) is 0 Å². The van der Waals surface area contributed by atoms with E-state index >= 15 is 0 Å². The molecule has 0 N–H and O–H groups in total. The minimum Gasteiger partial charge on any atom is -0.457 e. The van der Waals surface area contributed by atoms with Gasteiger partial charge in [0, 0.05) is 16.0 Å². The number of halogens is 2. The second kappa shape index (κ2) is 8.50. The van der Waals surface area contributed by atoms with E-state index in [4.69, 9.17) is 9.47 Å². The van der Waals surface area contributed by atoms with Gasteiger partial charge in [-0.05, 0) is 34.7 Å². The summed E-state index contributed by atoms with van der Waals surface area (Å²) >= 11 is 6.77. The number of carbonyl (C=O) groups excluding carboxylic acids is 1. The van der Waals surface area contributed by atoms with E-state index in [9.17, 15) is 10.1 Å². The maximum Gasteiger partial charge on any atom is 0.311 e. The molecule has 0 radical (unpaired) electrons. The molecule has 0 amide bonds. The molecular formula is C22H19Br2NO3. The maximum atomic E-state index is 12.7. The van der Waals surface area contributed by atoms with E-state index in [1.165, 1.54) is 0 Å². The predicted molar refractivity (Wildman–Crippen MR) is 114 cm³/mol. The largest absolute Gasteiger partial charge is 0.457 e. The Morgan fingerprint density at radius 1 is 1.14 bits per heavy atom. The summed E-state index contributed by atoms with van der Waals surface area (Å²) in [6, 6.07) is 18.5. The van der Waals surface area contributed by atoms with Crippen LogP contribution in [-0.2, 0) is 9.53 Å². The number of benzene rings is 2. The number of nitrogens with zero attached hydrogens (tertiary/aromatic N) is 1. The number of rotatable bonds is 6. The van der Waals surface area contributed by atoms with Crippen LogP contribution in [0.5, 0.6) is 11.5 Å². The number of ether oxygens (including phenoxy) is 2. The molecule has 144 valence electrons. The molecule has 1 aliphatic carbocycles. The molecule has 0 saturated heterocycles. The van der Waals surface area contributed by atoms with Crippen LogP contribution >= 0.6 is 31.9 Å². The Morgan fingerprint density at radius 2 is 1.82 bits per heavy atom. The van der Waals surface area contributed by atoms with Gasteiger partial charge in [-0.1, -0.05) is 76.0 Å². The molecule has 1 fully saturated rings. The van der Waals surface area contributed by atoms with Crippen LogP contribution in [-0.4, -0.2) is 5.97 Å². The first-order valence-corrected chi connectivity index (χ1v) is 10.5. The number of para-hydroxylation sites is 1. The first-order valence-electron chi connectivity index (χ1n) is 8.77. The molecule has 2 aromatic carbocycles. The van der Waals surface area contributed by atoms with Crippen molar-refractivity contribution in [3.63, 3.8) is 0 Å². The van der Waals surface area contributed by atoms with Crippen LogP contribution in [0.15, 0.2) is 64.1 Å². The van der Waals surface area contributed by atoms with E-state index in [2.05, 4.69) is 37.9 Å². The van der Waals surface area contributed by atoms with Crippen molar-refractivity contribution in [2.24, 2.45) is 17.3 Å². The van der Waals surface area contributed by atoms with Gasteiger partial charge in [0.05, 0.1) is 5.92 Å². The average molecular weight is 505 g/mol. The highest BCUT2D eigenvalue weighted by Gasteiger charge is 2.64. The molecule has 1 saturated carbocycles. The Labute approximate surface area is 181 Å². The Kier molecular flexibility index (Phi) is 6.26. The Hall–Kier alpha value is -2.10. The van der Waals surface area contributed by atoms with E-state index < -0.39 is 6.10 Å². The molecule has 3 atom stereocenters. The topological polar surface area (TPSA) is 59.3 Å². The van der Waals surface area contributed by atoms with Gasteiger partial charge in [0.15, 0.2) is 0 Å². The molecule has 3 rings (SSSR count). The molecule has 0 spiro atoms. The number of esters is 1. The van der Waals surface area contributed by atoms with Crippen molar-refractivity contribution >= 4 is 37.8 Å². The van der Waals surface area contributed by atoms with Gasteiger partial charge in [-0.15, -0.1) is 0 Å². The zero-order chi connectivity index (χ0) is 20.3. The van der Waals surface area contributed by atoms with Crippen molar-refractivity contribution in [2.75, 3.05) is 0 Å². The van der Waals surface area contributed by atoms with Gasteiger partial charge in [0.1, 0.15) is 17.6 Å². The molecule has 6 heteroatoms. The summed E-state index contributed by atoms with van der Waals surface area (Å²) in [5.41, 5.74) is 0.354. The smallest absolute Gasteiger partial charge is 0.311 e. The first kappa shape index (κ1) is 20.6. The number of nitriles is 1. The summed E-state index contributed by atoms with van der Waals surface area (Å²) in [4.78, 5) is 14.5. The molecular weight excluding hydrogens is 486 g/mol. The lowest BCUT2D eigenvalue weighted by atomic mass is 10.1. The Bertz CT molecular complexity index is 934. The van der Waals surface area contributed by atoms with Gasteiger partial charge < -0.3 is 9.47 Å². The number of allylic oxidation sites excluding steroid dienone is 1. The fourth-order valence-corrected chi connectivity index (χ4v) is 4.52. The van der Waals surface area contributed by atoms with Crippen LogP contribution in [0.2, 0.25) is 0 Å². The standard InChI is InChI=1S/C22H19Br2NO3/c1-22(2)19(17(24)12-23)20(22)21(26)28-18(13-25)14-7-6-10-16(11-14)27-15-8-4-3-5-9-15/h3-12,18-20H,1-2H3/t18-,19+,20+/m1/s1. The molecule has 0 heterocycles. The maximum absolute atomic E-state index is 12.7. The summed E-state index contributed by atoms with van der Waals surface area (Å²) in [7, 11) is 0. The van der Waals surface area contributed by atoms with Gasteiger partial charge in [0.25, 0.3) is 0 Å². The molecule has 28 heavy (non-hydrogen) atoms. The molecule has 0 aliphatic heterocycles. The van der Waals surface area contributed by atoms with E-state index in [0.29, 0.717) is 17.1 Å². The highest BCUT2D eigenvalue weighted by Crippen LogP contribution is 2.63. The summed E-state index contributed by atoms with van der Waals surface area (Å²) in [6.07, 6.45) is -0.990. The fourth-order valence-electron chi connectivity index (χ4n) is 3.38. The van der Waals surface area contributed by atoms with Crippen LogP contribution in [0.1, 0.15) is 25.5 Å². The zero-order valence-corrected chi connectivity index (χ0v) is 18.6. The summed E-state index contributed by atoms with van der Waals surface area (Å²) in [5.74, 6) is 0.637. The van der Waals surface area contributed by atoms with Crippen molar-refractivity contribution in [3.05, 3.63) is 69.6 Å². The number of hydrogen-bond acceptors (Lipinski definition) is 4. The molecule has 0 unspecified atom stereocenters. The van der Waals surface area contributed by atoms with Gasteiger partial charge in [-0.25, -0.2) is 0 Å². The molecule has 0 bridgehead atoms. The van der Waals surface area contributed by atoms with Gasteiger partial charge in [-0.2, -0.15) is 5.26 Å². The van der Waals surface area contributed by atoms with E-state index in [0.717, 1.165) is 4.48 Å². The molecule has 2 aromatic rings. The van der Waals surface area contributed by atoms with Crippen LogP contribution in [0.25, 0.3) is 0 Å². The quantitative estimate of drug-likeness (QED) is 0.422. The summed E-state index contributed by atoms with van der Waals surface area (Å²) in [5, 5.41) is 9.57. The van der Waals surface area contributed by atoms with E-state index in [1.54, 1.807) is 29.3 Å². The van der Waals surface area contributed by atoms with Crippen molar-refractivity contribution in [1.82, 2.24) is 0 Å². The van der Waals surface area contributed by atoms with E-state index in [-0.39, 0.29) is 23.2 Å². The van der Waals surface area contributed by atoms with Crippen molar-refractivity contribution in [2.45, 2.75) is 20.0 Å². The summed E-state index contributed by atoms with van der Waals surface area (Å²) < 4.78 is 12.3. The third kappa shape index (κ3) is 4.31. The Balaban J connectivity index is 1.73. The number of hydrogen-bond donors (Lipinski definition) is 0. The third-order valence-corrected chi connectivity index (χ3v) is 6.80. The van der Waals surface area contributed by atoms with Crippen LogP contribution in [0, 0.1) is 28.6 Å².